The van der Waals surface area contributed by atoms with Crippen molar-refractivity contribution in [2.45, 2.75) is 42.8 Å². The Hall–Kier alpha value is -0.430. The molecule has 0 aliphatic carbocycles. The van der Waals surface area contributed by atoms with Crippen molar-refractivity contribution in [3.05, 3.63) is 29.8 Å². The third-order valence-corrected chi connectivity index (χ3v) is 9.41. The molecule has 0 unspecified atom stereocenters. The average molecular weight is 222 g/mol. The van der Waals surface area contributed by atoms with Gasteiger partial charge in [0.1, 0.15) is 0 Å². The molecule has 0 nitrogen and oxygen atoms in total. The van der Waals surface area contributed by atoms with Crippen molar-refractivity contribution in [1.82, 2.24) is 0 Å². The second-order valence-corrected chi connectivity index (χ2v) is 10.1. The van der Waals surface area contributed by atoms with Crippen molar-refractivity contribution in [2.24, 2.45) is 0 Å². The number of hydrogen-bond donors (Lipinski definition) is 0. The number of hydrogen-bond acceptors (Lipinski definition) is 0. The first-order valence-corrected chi connectivity index (χ1v) is 8.00. The zero-order valence-corrected chi connectivity index (χ0v) is 11.5. The molecule has 2 rings (SSSR count). The molecule has 1 heterocycles. The maximum absolute atomic E-state index is 2.46. The van der Waals surface area contributed by atoms with Gasteiger partial charge in [0.25, 0.3) is 0 Å². The van der Waals surface area contributed by atoms with E-state index in [1.54, 1.807) is 10.5 Å². The highest BCUT2D eigenvalue weighted by Crippen LogP contribution is 2.72. The summed E-state index contributed by atoms with van der Waals surface area (Å²) in [7, 11) is -0.691. The van der Waals surface area contributed by atoms with Gasteiger partial charge in [0.15, 0.2) is 0 Å². The summed E-state index contributed by atoms with van der Waals surface area (Å²) < 4.78 is 0.379. The van der Waals surface area contributed by atoms with Crippen LogP contribution in [0.25, 0.3) is 0 Å². The van der Waals surface area contributed by atoms with Crippen LogP contribution in [0.1, 0.15) is 33.3 Å². The Balaban J connectivity index is 2.78. The van der Waals surface area contributed by atoms with E-state index in [9.17, 15) is 0 Å². The molecule has 0 bridgehead atoms. The molecule has 15 heavy (non-hydrogen) atoms. The number of fused-ring (bicyclic) bond motifs is 1. The van der Waals surface area contributed by atoms with E-state index >= 15 is 0 Å². The van der Waals surface area contributed by atoms with Gasteiger partial charge in [0, 0.05) is 10.2 Å². The summed E-state index contributed by atoms with van der Waals surface area (Å²) in [5.74, 6) is 0. The molecule has 1 aliphatic rings. The Morgan fingerprint density at radius 1 is 0.933 bits per heavy atom. The third kappa shape index (κ3) is 1.10. The van der Waals surface area contributed by atoms with Gasteiger partial charge >= 0.3 is 0 Å². The zero-order valence-electron chi connectivity index (χ0n) is 10.7. The average Bonchev–Trinajstić information content (AvgIpc) is 2.26. The van der Waals surface area contributed by atoms with Crippen LogP contribution in [0.4, 0.5) is 0 Å². The van der Waals surface area contributed by atoms with Gasteiger partial charge in [-0.15, -0.1) is 0 Å². The molecule has 0 fully saturated rings. The predicted octanol–water partition coefficient (Wildman–Crippen LogP) is 4.18. The second-order valence-electron chi connectivity index (χ2n) is 5.96. The highest BCUT2D eigenvalue weighted by atomic mass is 32.3. The lowest BCUT2D eigenvalue weighted by atomic mass is 9.75. The molecule has 1 aromatic carbocycles. The summed E-state index contributed by atoms with van der Waals surface area (Å²) in [6, 6.07) is 9.02. The SMILES string of the molecule is CC1(C)c2ccccc2S(C)(C)C1(C)C. The van der Waals surface area contributed by atoms with Crippen LogP contribution >= 0.6 is 10.0 Å². The lowest BCUT2D eigenvalue weighted by Crippen LogP contribution is -2.40. The summed E-state index contributed by atoms with van der Waals surface area (Å²) in [5, 5.41) is 0. The van der Waals surface area contributed by atoms with Gasteiger partial charge in [-0.25, -0.2) is 10.0 Å². The van der Waals surface area contributed by atoms with E-state index in [1.807, 2.05) is 0 Å². The number of benzene rings is 1. The van der Waals surface area contributed by atoms with Gasteiger partial charge in [-0.2, -0.15) is 0 Å². The van der Waals surface area contributed by atoms with Crippen LogP contribution in [0.5, 0.6) is 0 Å². The van der Waals surface area contributed by atoms with Crippen LogP contribution < -0.4 is 0 Å². The monoisotopic (exact) mass is 222 g/mol. The molecule has 0 N–H and O–H groups in total. The van der Waals surface area contributed by atoms with Gasteiger partial charge < -0.3 is 0 Å². The highest BCUT2D eigenvalue weighted by molar-refractivity contribution is 8.34. The summed E-state index contributed by atoms with van der Waals surface area (Å²) >= 11 is 0. The Morgan fingerprint density at radius 3 is 2.00 bits per heavy atom. The number of rotatable bonds is 0. The molecule has 0 amide bonds. The minimum absolute atomic E-state index is 0.294. The van der Waals surface area contributed by atoms with Gasteiger partial charge in [-0.1, -0.05) is 45.9 Å². The van der Waals surface area contributed by atoms with Crippen LogP contribution in [0.2, 0.25) is 0 Å². The summed E-state index contributed by atoms with van der Waals surface area (Å²) in [6.07, 6.45) is 4.92. The molecule has 0 saturated carbocycles. The molecular formula is C14H22S. The van der Waals surface area contributed by atoms with Crippen molar-refractivity contribution in [1.29, 1.82) is 0 Å². The van der Waals surface area contributed by atoms with Crippen molar-refractivity contribution >= 4 is 10.0 Å². The molecule has 0 spiro atoms. The summed E-state index contributed by atoms with van der Waals surface area (Å²) in [6.45, 7) is 9.66. The predicted molar refractivity (Wildman–Crippen MR) is 71.3 cm³/mol. The molecule has 1 aromatic rings. The normalized spacial score (nSPS) is 27.1. The first kappa shape index (κ1) is 11.1. The highest BCUT2D eigenvalue weighted by Gasteiger charge is 2.53. The maximum atomic E-state index is 2.46. The fourth-order valence-electron chi connectivity index (χ4n) is 2.67. The minimum atomic E-state index is -0.691. The van der Waals surface area contributed by atoms with Crippen molar-refractivity contribution < 1.29 is 0 Å². The molecule has 0 atom stereocenters. The fraction of sp³-hybridized carbons (Fsp3) is 0.571. The topological polar surface area (TPSA) is 0 Å². The van der Waals surface area contributed by atoms with E-state index in [2.05, 4.69) is 64.5 Å². The molecule has 0 aromatic heterocycles. The van der Waals surface area contributed by atoms with Crippen molar-refractivity contribution in [3.63, 3.8) is 0 Å². The Morgan fingerprint density at radius 2 is 1.47 bits per heavy atom. The van der Waals surface area contributed by atoms with Gasteiger partial charge in [-0.3, -0.25) is 0 Å². The van der Waals surface area contributed by atoms with Crippen molar-refractivity contribution in [3.8, 4) is 0 Å². The van der Waals surface area contributed by atoms with Gasteiger partial charge in [0.05, 0.1) is 0 Å². The van der Waals surface area contributed by atoms with Crippen LogP contribution in [-0.2, 0) is 5.41 Å². The van der Waals surface area contributed by atoms with E-state index in [4.69, 9.17) is 0 Å². The van der Waals surface area contributed by atoms with E-state index in [0.29, 0.717) is 10.2 Å². The quantitative estimate of drug-likeness (QED) is 0.618. The molecule has 1 heteroatoms. The van der Waals surface area contributed by atoms with Crippen LogP contribution in [0.3, 0.4) is 0 Å². The third-order valence-electron chi connectivity index (χ3n) is 4.89. The van der Waals surface area contributed by atoms with E-state index in [0.717, 1.165) is 0 Å². The van der Waals surface area contributed by atoms with E-state index < -0.39 is 10.0 Å². The van der Waals surface area contributed by atoms with Gasteiger partial charge in [-0.05, 0) is 29.0 Å². The first-order chi connectivity index (χ1) is 6.73. The van der Waals surface area contributed by atoms with E-state index in [1.165, 1.54) is 0 Å². The Labute approximate surface area is 95.4 Å². The molecule has 0 saturated heterocycles. The second kappa shape index (κ2) is 2.82. The summed E-state index contributed by atoms with van der Waals surface area (Å²) in [5.41, 5.74) is 1.86. The molecule has 1 aliphatic heterocycles. The minimum Gasteiger partial charge on any atom is -0.214 e. The largest absolute Gasteiger partial charge is 0.214 e. The zero-order chi connectivity index (χ0) is 11.5. The summed E-state index contributed by atoms with van der Waals surface area (Å²) in [4.78, 5) is 1.61. The fourth-order valence-corrected chi connectivity index (χ4v) is 5.89. The van der Waals surface area contributed by atoms with Crippen LogP contribution in [0, 0.1) is 0 Å². The van der Waals surface area contributed by atoms with Crippen molar-refractivity contribution in [2.75, 3.05) is 12.5 Å². The Kier molecular flexibility index (Phi) is 2.08. The lowest BCUT2D eigenvalue weighted by molar-refractivity contribution is 0.417. The molecule has 84 valence electrons. The van der Waals surface area contributed by atoms with E-state index in [-0.39, 0.29) is 0 Å². The lowest BCUT2D eigenvalue weighted by Gasteiger charge is -2.48. The smallest absolute Gasteiger partial charge is 0.00710 e. The first-order valence-electron chi connectivity index (χ1n) is 5.55. The Bertz CT molecular complexity index is 363. The van der Waals surface area contributed by atoms with Crippen LogP contribution in [-0.4, -0.2) is 17.3 Å². The van der Waals surface area contributed by atoms with Crippen LogP contribution in [0.15, 0.2) is 29.2 Å². The molecule has 0 radical (unpaired) electrons. The standard InChI is InChI=1S/C14H22S/c1-13(2)11-9-7-8-10-12(11)15(5,6)14(13,3)4/h7-10H,1-6H3. The molecular weight excluding hydrogens is 200 g/mol. The van der Waals surface area contributed by atoms with Gasteiger partial charge in [0.2, 0.25) is 0 Å². The maximum Gasteiger partial charge on any atom is 0.00710 e.